The normalized spacial score (nSPS) is 15.3. The zero-order valence-electron chi connectivity index (χ0n) is 37.1. The topological polar surface area (TPSA) is 26.3 Å². The number of hydrogen-bond donors (Lipinski definition) is 0. The molecule has 65 heavy (non-hydrogen) atoms. The van der Waals surface area contributed by atoms with Gasteiger partial charge in [0.2, 0.25) is 0 Å². The van der Waals surface area contributed by atoms with Crippen molar-refractivity contribution in [2.45, 2.75) is 57.8 Å². The van der Waals surface area contributed by atoms with E-state index in [0.717, 1.165) is 68.9 Å². The van der Waals surface area contributed by atoms with Gasteiger partial charge in [-0.2, -0.15) is 0 Å². The quantitative estimate of drug-likeness (QED) is 0.152. The lowest BCUT2D eigenvalue weighted by atomic mass is 9.78. The molecule has 0 N–H and O–H groups in total. The number of hydrogen-bond acceptors (Lipinski definition) is 2. The van der Waals surface area contributed by atoms with Crippen molar-refractivity contribution in [3.8, 4) is 44.5 Å². The molecule has 1 aliphatic rings. The molecule has 0 radical (unpaired) electrons. The van der Waals surface area contributed by atoms with E-state index in [4.69, 9.17) is 8.83 Å². The summed E-state index contributed by atoms with van der Waals surface area (Å²) in [5.74, 6) is 0.828. The van der Waals surface area contributed by atoms with E-state index in [1.54, 1.807) is 0 Å². The first-order valence-corrected chi connectivity index (χ1v) is 23.3. The molecular weight excluding hydrogens is 789 g/mol. The predicted octanol–water partition coefficient (Wildman–Crippen LogP) is 17.6. The smallest absolute Gasteiger partial charge is 0.143 e. The third-order valence-electron chi connectivity index (χ3n) is 14.6. The van der Waals surface area contributed by atoms with E-state index in [1.807, 2.05) is 0 Å². The minimum Gasteiger partial charge on any atom is -0.456 e. The van der Waals surface area contributed by atoms with Crippen molar-refractivity contribution < 1.29 is 8.83 Å². The maximum Gasteiger partial charge on any atom is 0.143 e. The maximum absolute atomic E-state index is 7.16. The highest BCUT2D eigenvalue weighted by Gasteiger charge is 2.31. The monoisotopic (exact) mass is 838 g/mol. The fourth-order valence-corrected chi connectivity index (χ4v) is 11.2. The van der Waals surface area contributed by atoms with Gasteiger partial charge in [0.05, 0.1) is 0 Å². The Kier molecular flexibility index (Phi) is 9.64. The SMILES string of the molecule is CCC(Cc1cc(C2Cc3ccccc3-c3ccccc3C2C)cc2c1oc1cc3oc4c(-c5ccccc5)cc(-c5ccccc5)cc4c3cc12)c1ccccc1-c1ccccc1C. The van der Waals surface area contributed by atoms with Crippen molar-refractivity contribution in [2.24, 2.45) is 0 Å². The molecule has 12 rings (SSSR count). The maximum atomic E-state index is 7.16. The highest BCUT2D eigenvalue weighted by molar-refractivity contribution is 6.18. The molecule has 2 heteroatoms. The Bertz CT molecular complexity index is 3570. The number of benzene rings is 9. The number of furan rings is 2. The fourth-order valence-electron chi connectivity index (χ4n) is 11.2. The van der Waals surface area contributed by atoms with E-state index in [-0.39, 0.29) is 11.8 Å². The van der Waals surface area contributed by atoms with Crippen LogP contribution in [0.5, 0.6) is 0 Å². The van der Waals surface area contributed by atoms with Gasteiger partial charge >= 0.3 is 0 Å². The predicted molar refractivity (Wildman–Crippen MR) is 272 cm³/mol. The van der Waals surface area contributed by atoms with Gasteiger partial charge in [0.1, 0.15) is 22.3 Å². The molecule has 0 bridgehead atoms. The Morgan fingerprint density at radius 2 is 1.11 bits per heavy atom. The van der Waals surface area contributed by atoms with Crippen LogP contribution in [0.4, 0.5) is 0 Å². The summed E-state index contributed by atoms with van der Waals surface area (Å²) >= 11 is 0. The molecule has 2 nitrogen and oxygen atoms in total. The van der Waals surface area contributed by atoms with Crippen molar-refractivity contribution in [3.63, 3.8) is 0 Å². The fraction of sp³-hybridized carbons (Fsp3) is 0.143. The molecule has 0 amide bonds. The van der Waals surface area contributed by atoms with Crippen LogP contribution in [0, 0.1) is 6.92 Å². The summed E-state index contributed by atoms with van der Waals surface area (Å²) < 4.78 is 14.1. The van der Waals surface area contributed by atoms with Gasteiger partial charge in [-0.3, -0.25) is 0 Å². The van der Waals surface area contributed by atoms with E-state index in [9.17, 15) is 0 Å². The lowest BCUT2D eigenvalue weighted by molar-refractivity contribution is 0.577. The lowest BCUT2D eigenvalue weighted by Gasteiger charge is -2.26. The van der Waals surface area contributed by atoms with Crippen LogP contribution in [-0.4, -0.2) is 0 Å². The first-order chi connectivity index (χ1) is 32.0. The molecule has 0 saturated carbocycles. The van der Waals surface area contributed by atoms with Gasteiger partial charge in [-0.25, -0.2) is 0 Å². The van der Waals surface area contributed by atoms with Gasteiger partial charge in [0, 0.05) is 33.2 Å². The molecule has 0 aliphatic heterocycles. The standard InChI is InChI=1S/C63H50O2/c1-4-41(50-27-16-18-29-52(50)48-25-13-11-19-39(48)2)31-47-32-46(54-33-44-24-12-14-28-51(44)53-30-17-15-26-49(53)40(54)3)36-58-56-37-57-59-35-45(42-20-7-5-8-21-42)34-55(43-22-9-6-10-23-43)63(59)65-61(57)38-60(56)64-62(47)58/h5-30,32,34-38,40-41,54H,4,31,33H2,1-3H3. The highest BCUT2D eigenvalue weighted by Crippen LogP contribution is 2.48. The van der Waals surface area contributed by atoms with Crippen LogP contribution in [0.15, 0.2) is 203 Å². The molecule has 2 heterocycles. The van der Waals surface area contributed by atoms with Gasteiger partial charge in [-0.05, 0) is 141 Å². The van der Waals surface area contributed by atoms with Gasteiger partial charge in [-0.15, -0.1) is 0 Å². The Labute approximate surface area is 380 Å². The van der Waals surface area contributed by atoms with Crippen LogP contribution in [-0.2, 0) is 12.8 Å². The zero-order valence-corrected chi connectivity index (χ0v) is 37.1. The average Bonchev–Trinajstić information content (AvgIpc) is 3.87. The van der Waals surface area contributed by atoms with E-state index in [0.29, 0.717) is 5.92 Å². The molecule has 9 aromatic carbocycles. The summed E-state index contributed by atoms with van der Waals surface area (Å²) in [4.78, 5) is 0. The summed E-state index contributed by atoms with van der Waals surface area (Å²) in [6.45, 7) is 7.01. The Morgan fingerprint density at radius 3 is 1.86 bits per heavy atom. The van der Waals surface area contributed by atoms with Crippen LogP contribution in [0.1, 0.15) is 71.4 Å². The summed E-state index contributed by atoms with van der Waals surface area (Å²) in [5.41, 5.74) is 21.6. The molecule has 0 spiro atoms. The summed E-state index contributed by atoms with van der Waals surface area (Å²) in [7, 11) is 0. The first-order valence-electron chi connectivity index (χ1n) is 23.3. The second-order valence-electron chi connectivity index (χ2n) is 18.3. The molecule has 0 saturated heterocycles. The van der Waals surface area contributed by atoms with E-state index in [1.165, 1.54) is 72.1 Å². The lowest BCUT2D eigenvalue weighted by Crippen LogP contribution is -2.11. The Balaban J connectivity index is 1.09. The third kappa shape index (κ3) is 6.70. The van der Waals surface area contributed by atoms with E-state index in [2.05, 4.69) is 215 Å². The number of rotatable bonds is 8. The molecule has 3 unspecified atom stereocenters. The molecule has 0 fully saturated rings. The molecular formula is C63H50O2. The van der Waals surface area contributed by atoms with Crippen molar-refractivity contribution in [1.29, 1.82) is 0 Å². The zero-order chi connectivity index (χ0) is 43.6. The third-order valence-corrected chi connectivity index (χ3v) is 14.6. The van der Waals surface area contributed by atoms with Crippen molar-refractivity contribution in [2.75, 3.05) is 0 Å². The van der Waals surface area contributed by atoms with Crippen LogP contribution >= 0.6 is 0 Å². The van der Waals surface area contributed by atoms with Crippen LogP contribution in [0.25, 0.3) is 88.4 Å². The minimum atomic E-state index is 0.257. The molecule has 2 aromatic heterocycles. The minimum absolute atomic E-state index is 0.257. The summed E-state index contributed by atoms with van der Waals surface area (Å²) in [6.07, 6.45) is 2.82. The van der Waals surface area contributed by atoms with Crippen molar-refractivity contribution in [1.82, 2.24) is 0 Å². The van der Waals surface area contributed by atoms with Crippen molar-refractivity contribution >= 4 is 43.9 Å². The van der Waals surface area contributed by atoms with Gasteiger partial charge in [0.15, 0.2) is 0 Å². The van der Waals surface area contributed by atoms with E-state index >= 15 is 0 Å². The van der Waals surface area contributed by atoms with Crippen molar-refractivity contribution in [3.05, 3.63) is 228 Å². The molecule has 314 valence electrons. The largest absolute Gasteiger partial charge is 0.456 e. The molecule has 3 atom stereocenters. The van der Waals surface area contributed by atoms with Gasteiger partial charge in [0.25, 0.3) is 0 Å². The summed E-state index contributed by atoms with van der Waals surface area (Å²) in [5, 5.41) is 4.50. The molecule has 1 aliphatic carbocycles. The van der Waals surface area contributed by atoms with Crippen LogP contribution < -0.4 is 0 Å². The number of aryl methyl sites for hydroxylation is 1. The van der Waals surface area contributed by atoms with Crippen LogP contribution in [0.2, 0.25) is 0 Å². The van der Waals surface area contributed by atoms with Crippen LogP contribution in [0.3, 0.4) is 0 Å². The average molecular weight is 839 g/mol. The number of fused-ring (bicyclic) bond motifs is 9. The van der Waals surface area contributed by atoms with Gasteiger partial charge in [-0.1, -0.05) is 178 Å². The second kappa shape index (κ2) is 16.0. The Hall–Kier alpha value is -7.42. The highest BCUT2D eigenvalue weighted by atomic mass is 16.3. The summed E-state index contributed by atoms with van der Waals surface area (Å²) in [6, 6.07) is 71.4. The first kappa shape index (κ1) is 39.2. The van der Waals surface area contributed by atoms with E-state index < -0.39 is 0 Å². The Morgan fingerprint density at radius 1 is 0.492 bits per heavy atom. The second-order valence-corrected chi connectivity index (χ2v) is 18.3. The van der Waals surface area contributed by atoms with Gasteiger partial charge < -0.3 is 8.83 Å². The molecule has 11 aromatic rings.